The predicted molar refractivity (Wildman–Crippen MR) is 117 cm³/mol. The lowest BCUT2D eigenvalue weighted by molar-refractivity contribution is -0.137. The Morgan fingerprint density at radius 1 is 1.07 bits per heavy atom. The van der Waals surface area contributed by atoms with E-state index >= 15 is 0 Å². The summed E-state index contributed by atoms with van der Waals surface area (Å²) >= 11 is 7.51. The number of nitrogens with zero attached hydrogens (tertiary/aromatic N) is 1. The number of halogens is 1. The topological polar surface area (TPSA) is 58.6 Å². The molecule has 1 fully saturated rings. The molecule has 0 spiro atoms. The first-order valence-electron chi connectivity index (χ1n) is 9.65. The van der Waals surface area contributed by atoms with Crippen LogP contribution in [-0.2, 0) is 22.6 Å². The lowest BCUT2D eigenvalue weighted by Gasteiger charge is -2.15. The lowest BCUT2D eigenvalue weighted by atomic mass is 10.1. The predicted octanol–water partition coefficient (Wildman–Crippen LogP) is 3.92. The first-order chi connectivity index (χ1) is 14.1. The minimum absolute atomic E-state index is 0.0670. The highest BCUT2D eigenvalue weighted by Crippen LogP contribution is 2.30. The van der Waals surface area contributed by atoms with Crippen LogP contribution in [0.5, 0.6) is 5.75 Å². The summed E-state index contributed by atoms with van der Waals surface area (Å²) in [5.74, 6) is 1.34. The van der Waals surface area contributed by atoms with Crippen molar-refractivity contribution in [2.45, 2.75) is 30.7 Å². The van der Waals surface area contributed by atoms with E-state index in [2.05, 4.69) is 11.4 Å². The molecule has 0 unspecified atom stereocenters. The van der Waals surface area contributed by atoms with Crippen molar-refractivity contribution in [1.29, 1.82) is 0 Å². The van der Waals surface area contributed by atoms with Gasteiger partial charge in [-0.3, -0.25) is 14.5 Å². The van der Waals surface area contributed by atoms with E-state index in [1.807, 2.05) is 36.4 Å². The van der Waals surface area contributed by atoms with Gasteiger partial charge in [0.25, 0.3) is 0 Å². The van der Waals surface area contributed by atoms with E-state index in [1.54, 1.807) is 18.9 Å². The van der Waals surface area contributed by atoms with Gasteiger partial charge in [-0.1, -0.05) is 29.8 Å². The number of benzene rings is 2. The van der Waals surface area contributed by atoms with E-state index < -0.39 is 0 Å². The number of hydrogen-bond donors (Lipinski definition) is 1. The fraction of sp³-hybridized carbons (Fsp3) is 0.364. The molecule has 3 rings (SSSR count). The third-order valence-electron chi connectivity index (χ3n) is 4.79. The van der Waals surface area contributed by atoms with E-state index in [0.29, 0.717) is 25.1 Å². The standard InChI is InChI=1S/C22H25ClN2O3S/c1-28-19-14-17(15-24-11-10-16-2-5-18(23)6-3-16)4-7-20(19)29-13-12-25-21(26)8-9-22(25)27/h2-7,14,24H,8-13,15H2,1H3. The maximum Gasteiger partial charge on any atom is 0.229 e. The van der Waals surface area contributed by atoms with Crippen molar-refractivity contribution in [3.8, 4) is 5.75 Å². The van der Waals surface area contributed by atoms with Gasteiger partial charge in [0.15, 0.2) is 0 Å². The molecule has 1 aliphatic rings. The molecule has 2 amide bonds. The van der Waals surface area contributed by atoms with E-state index in [4.69, 9.17) is 16.3 Å². The number of rotatable bonds is 10. The Bertz CT molecular complexity index is 842. The molecule has 1 heterocycles. The van der Waals surface area contributed by atoms with E-state index in [-0.39, 0.29) is 11.8 Å². The number of ether oxygens (including phenoxy) is 1. The molecule has 2 aromatic carbocycles. The molecule has 1 N–H and O–H groups in total. The first-order valence-corrected chi connectivity index (χ1v) is 11.0. The van der Waals surface area contributed by atoms with Gasteiger partial charge in [-0.05, 0) is 48.4 Å². The molecule has 0 bridgehead atoms. The lowest BCUT2D eigenvalue weighted by Crippen LogP contribution is -2.31. The number of hydrogen-bond acceptors (Lipinski definition) is 5. The summed E-state index contributed by atoms with van der Waals surface area (Å²) in [5, 5.41) is 4.20. The summed E-state index contributed by atoms with van der Waals surface area (Å²) in [6.07, 6.45) is 1.62. The molecular formula is C22H25ClN2O3S. The van der Waals surface area contributed by atoms with Crippen molar-refractivity contribution >= 4 is 35.2 Å². The summed E-state index contributed by atoms with van der Waals surface area (Å²) in [4.78, 5) is 25.7. The second-order valence-corrected chi connectivity index (χ2v) is 8.40. The number of nitrogens with one attached hydrogen (secondary N) is 1. The number of methoxy groups -OCH3 is 1. The number of likely N-dealkylation sites (tertiary alicyclic amines) is 1. The Morgan fingerprint density at radius 2 is 1.76 bits per heavy atom. The molecule has 154 valence electrons. The summed E-state index contributed by atoms with van der Waals surface area (Å²) < 4.78 is 5.53. The molecule has 1 saturated heterocycles. The zero-order chi connectivity index (χ0) is 20.6. The molecule has 0 radical (unpaired) electrons. The Balaban J connectivity index is 1.45. The van der Waals surface area contributed by atoms with Gasteiger partial charge >= 0.3 is 0 Å². The molecular weight excluding hydrogens is 408 g/mol. The molecule has 2 aromatic rings. The average Bonchev–Trinajstić information content (AvgIpc) is 3.05. The van der Waals surface area contributed by atoms with Crippen LogP contribution in [0, 0.1) is 0 Å². The fourth-order valence-electron chi connectivity index (χ4n) is 3.18. The normalized spacial score (nSPS) is 13.9. The van der Waals surface area contributed by atoms with Gasteiger partial charge in [0, 0.05) is 41.6 Å². The number of carbonyl (C=O) groups excluding carboxylic acids is 2. The van der Waals surface area contributed by atoms with Gasteiger partial charge in [0.1, 0.15) is 5.75 Å². The number of carbonyl (C=O) groups is 2. The van der Waals surface area contributed by atoms with Crippen molar-refractivity contribution < 1.29 is 14.3 Å². The highest BCUT2D eigenvalue weighted by Gasteiger charge is 2.28. The second kappa shape index (κ2) is 10.7. The van der Waals surface area contributed by atoms with Crippen molar-refractivity contribution in [1.82, 2.24) is 10.2 Å². The highest BCUT2D eigenvalue weighted by atomic mass is 35.5. The zero-order valence-corrected chi connectivity index (χ0v) is 18.0. The van der Waals surface area contributed by atoms with Crippen molar-refractivity contribution in [3.63, 3.8) is 0 Å². The second-order valence-electron chi connectivity index (χ2n) is 6.83. The summed E-state index contributed by atoms with van der Waals surface area (Å²) in [5.41, 5.74) is 2.40. The van der Waals surface area contributed by atoms with Crippen LogP contribution in [0.15, 0.2) is 47.4 Å². The monoisotopic (exact) mass is 432 g/mol. The molecule has 0 aliphatic carbocycles. The number of thioether (sulfide) groups is 1. The maximum absolute atomic E-state index is 11.7. The van der Waals surface area contributed by atoms with E-state index in [9.17, 15) is 9.59 Å². The molecule has 0 atom stereocenters. The molecule has 5 nitrogen and oxygen atoms in total. The Kier molecular flexibility index (Phi) is 7.98. The Morgan fingerprint density at radius 3 is 2.45 bits per heavy atom. The van der Waals surface area contributed by atoms with Crippen molar-refractivity contribution in [3.05, 3.63) is 58.6 Å². The zero-order valence-electron chi connectivity index (χ0n) is 16.4. The minimum atomic E-state index is -0.0670. The van der Waals surface area contributed by atoms with Crippen LogP contribution in [0.4, 0.5) is 0 Å². The highest BCUT2D eigenvalue weighted by molar-refractivity contribution is 7.99. The van der Waals surface area contributed by atoms with Gasteiger partial charge in [-0.25, -0.2) is 0 Å². The first kappa shape index (κ1) is 21.7. The minimum Gasteiger partial charge on any atom is -0.496 e. The van der Waals surface area contributed by atoms with Gasteiger partial charge in [-0.2, -0.15) is 0 Å². The van der Waals surface area contributed by atoms with Crippen molar-refractivity contribution in [2.24, 2.45) is 0 Å². The summed E-state index contributed by atoms with van der Waals surface area (Å²) in [6, 6.07) is 14.1. The Labute approximate surface area is 180 Å². The summed E-state index contributed by atoms with van der Waals surface area (Å²) in [6.45, 7) is 2.07. The van der Waals surface area contributed by atoms with Crippen LogP contribution in [-0.4, -0.2) is 42.7 Å². The van der Waals surface area contributed by atoms with E-state index in [1.165, 1.54) is 10.5 Å². The number of amides is 2. The van der Waals surface area contributed by atoms with Gasteiger partial charge in [0.2, 0.25) is 11.8 Å². The Hall–Kier alpha value is -2.02. The SMILES string of the molecule is COc1cc(CNCCc2ccc(Cl)cc2)ccc1SCCN1C(=O)CCC1=O. The third kappa shape index (κ3) is 6.23. The summed E-state index contributed by atoms with van der Waals surface area (Å²) in [7, 11) is 1.66. The largest absolute Gasteiger partial charge is 0.496 e. The van der Waals surface area contributed by atoms with Crippen LogP contribution < -0.4 is 10.1 Å². The van der Waals surface area contributed by atoms with Gasteiger partial charge < -0.3 is 10.1 Å². The van der Waals surface area contributed by atoms with Crippen LogP contribution in [0.25, 0.3) is 0 Å². The van der Waals surface area contributed by atoms with Gasteiger partial charge in [-0.15, -0.1) is 11.8 Å². The maximum atomic E-state index is 11.7. The smallest absolute Gasteiger partial charge is 0.229 e. The van der Waals surface area contributed by atoms with Gasteiger partial charge in [0.05, 0.1) is 7.11 Å². The average molecular weight is 433 g/mol. The van der Waals surface area contributed by atoms with Crippen molar-refractivity contribution in [2.75, 3.05) is 26.0 Å². The third-order valence-corrected chi connectivity index (χ3v) is 6.08. The molecule has 29 heavy (non-hydrogen) atoms. The molecule has 0 saturated carbocycles. The molecule has 7 heteroatoms. The van der Waals surface area contributed by atoms with E-state index in [0.717, 1.165) is 40.7 Å². The van der Waals surface area contributed by atoms with Crippen LogP contribution in [0.2, 0.25) is 5.02 Å². The molecule has 1 aliphatic heterocycles. The van der Waals surface area contributed by atoms with Crippen LogP contribution >= 0.6 is 23.4 Å². The van der Waals surface area contributed by atoms with Crippen LogP contribution in [0.3, 0.4) is 0 Å². The molecule has 0 aromatic heterocycles. The fourth-order valence-corrected chi connectivity index (χ4v) is 4.25. The van der Waals surface area contributed by atoms with Crippen LogP contribution in [0.1, 0.15) is 24.0 Å². The number of imide groups is 1. The quantitative estimate of drug-likeness (QED) is 0.350.